The van der Waals surface area contributed by atoms with Crippen LogP contribution in [0.15, 0.2) is 0 Å². The Morgan fingerprint density at radius 3 is 0.615 bits per heavy atom. The van der Waals surface area contributed by atoms with E-state index in [0.29, 0.717) is 0 Å². The highest BCUT2D eigenvalue weighted by atomic mass is 31.2. The maximum Gasteiger partial charge on any atom is 0.466 e. The maximum atomic E-state index is 8.88. The summed E-state index contributed by atoms with van der Waals surface area (Å²) in [6.07, 6.45) is 0. The molecule has 0 amide bonds. The molecule has 0 bridgehead atoms. The van der Waals surface area contributed by atoms with Gasteiger partial charge in [-0.15, -0.1) is 0 Å². The van der Waals surface area contributed by atoms with Crippen LogP contribution in [0.3, 0.4) is 0 Å². The van der Waals surface area contributed by atoms with E-state index >= 15 is 0 Å². The van der Waals surface area contributed by atoms with Gasteiger partial charge in [-0.3, -0.25) is 0 Å². The van der Waals surface area contributed by atoms with Gasteiger partial charge >= 0.3 is 38.7 Å². The van der Waals surface area contributed by atoms with E-state index in [1.165, 1.54) is 0 Å². The molecule has 0 aromatic carbocycles. The maximum absolute atomic E-state index is 8.88. The average molecular weight is 254 g/mol. The molecule has 0 aliphatic rings. The van der Waals surface area contributed by atoms with Gasteiger partial charge in [-0.25, -0.2) is 9.13 Å². The second-order valence-electron chi connectivity index (χ2n) is 1.03. The number of rotatable bonds is 0. The highest BCUT2D eigenvalue weighted by Gasteiger charge is 2.00. The van der Waals surface area contributed by atoms with Gasteiger partial charge in [-0.2, -0.15) is 0 Å². The van der Waals surface area contributed by atoms with Crippen LogP contribution in [0.2, 0.25) is 0 Å². The molecule has 84 valence electrons. The molecule has 0 saturated carbocycles. The lowest BCUT2D eigenvalue weighted by Crippen LogP contribution is -1.66. The lowest BCUT2D eigenvalue weighted by atomic mass is 12.0. The zero-order valence-electron chi connectivity index (χ0n) is 4.39. The van der Waals surface area contributed by atoms with Crippen LogP contribution < -0.4 is 0 Å². The van der Waals surface area contributed by atoms with Crippen molar-refractivity contribution in [3.8, 4) is 0 Å². The van der Waals surface area contributed by atoms with Crippen LogP contribution in [0, 0.1) is 0 Å². The van der Waals surface area contributed by atoms with Crippen molar-refractivity contribution in [2.45, 2.75) is 14.9 Å². The van der Waals surface area contributed by atoms with Crippen LogP contribution in [0.4, 0.5) is 0 Å². The molecule has 0 aliphatic carbocycles. The molecular formula is C2H16MgO8P2. The standard InChI is InChI=1S/2CH4.Mg.2H3O4P.2H/c;;;2*1-5(2,3)4;;/h2*1H4;;2*(H3,1,2,3,4);;. The molecule has 0 fully saturated rings. The molecule has 0 atom stereocenters. The fourth-order valence-electron chi connectivity index (χ4n) is 0. The lowest BCUT2D eigenvalue weighted by molar-refractivity contribution is 0.272. The molecular weight excluding hydrogens is 238 g/mol. The molecule has 8 nitrogen and oxygen atoms in total. The van der Waals surface area contributed by atoms with Gasteiger partial charge in [0.25, 0.3) is 0 Å². The van der Waals surface area contributed by atoms with E-state index in [1.807, 2.05) is 0 Å². The first-order valence-corrected chi connectivity index (χ1v) is 4.70. The third-order valence-corrected chi connectivity index (χ3v) is 0. The van der Waals surface area contributed by atoms with E-state index in [2.05, 4.69) is 0 Å². The van der Waals surface area contributed by atoms with E-state index in [-0.39, 0.29) is 37.9 Å². The summed E-state index contributed by atoms with van der Waals surface area (Å²) >= 11 is 0. The number of hydrogen-bond donors (Lipinski definition) is 6. The van der Waals surface area contributed by atoms with Gasteiger partial charge in [-0.05, 0) is 0 Å². The fraction of sp³-hybridized carbons (Fsp3) is 1.00. The van der Waals surface area contributed by atoms with E-state index in [0.717, 1.165) is 0 Å². The van der Waals surface area contributed by atoms with Crippen LogP contribution in [-0.2, 0) is 9.13 Å². The summed E-state index contributed by atoms with van der Waals surface area (Å²) in [5.41, 5.74) is 0. The van der Waals surface area contributed by atoms with Crippen LogP contribution >= 0.6 is 15.6 Å². The first kappa shape index (κ1) is 29.2. The summed E-state index contributed by atoms with van der Waals surface area (Å²) in [7, 11) is -9.28. The minimum atomic E-state index is -4.64. The van der Waals surface area contributed by atoms with Crippen molar-refractivity contribution in [3.05, 3.63) is 0 Å². The van der Waals surface area contributed by atoms with Gasteiger partial charge < -0.3 is 29.4 Å². The monoisotopic (exact) mass is 254 g/mol. The first-order chi connectivity index (χ1) is 4.00. The topological polar surface area (TPSA) is 156 Å². The van der Waals surface area contributed by atoms with Crippen molar-refractivity contribution in [3.63, 3.8) is 0 Å². The quantitative estimate of drug-likeness (QED) is 0.225. The number of phosphoric acid groups is 2. The minimum absolute atomic E-state index is 0. The van der Waals surface area contributed by atoms with Crippen molar-refractivity contribution in [1.29, 1.82) is 0 Å². The summed E-state index contributed by atoms with van der Waals surface area (Å²) in [4.78, 5) is 43.1. The summed E-state index contributed by atoms with van der Waals surface area (Å²) in [6.45, 7) is 0. The predicted molar refractivity (Wildman–Crippen MR) is 50.5 cm³/mol. The Bertz CT molecular complexity index is 132. The van der Waals surface area contributed by atoms with E-state index in [9.17, 15) is 0 Å². The third kappa shape index (κ3) is 1610. The van der Waals surface area contributed by atoms with Crippen molar-refractivity contribution in [2.75, 3.05) is 0 Å². The Morgan fingerprint density at radius 2 is 0.615 bits per heavy atom. The molecule has 13 heavy (non-hydrogen) atoms. The van der Waals surface area contributed by atoms with Crippen molar-refractivity contribution < 1.29 is 38.5 Å². The van der Waals surface area contributed by atoms with E-state index in [4.69, 9.17) is 38.5 Å². The lowest BCUT2D eigenvalue weighted by Gasteiger charge is -1.82. The van der Waals surface area contributed by atoms with E-state index < -0.39 is 15.6 Å². The largest absolute Gasteiger partial charge is 0.466 e. The van der Waals surface area contributed by atoms with Gasteiger partial charge in [0.05, 0.1) is 0 Å². The summed E-state index contributed by atoms with van der Waals surface area (Å²) < 4.78 is 17.8. The minimum Gasteiger partial charge on any atom is -0.303 e. The molecule has 0 aliphatic heterocycles. The van der Waals surface area contributed by atoms with Gasteiger partial charge in [-0.1, -0.05) is 14.9 Å². The van der Waals surface area contributed by atoms with Gasteiger partial charge in [0, 0.05) is 0 Å². The molecule has 0 aromatic heterocycles. The summed E-state index contributed by atoms with van der Waals surface area (Å²) in [6, 6.07) is 0. The van der Waals surface area contributed by atoms with Crippen LogP contribution in [0.1, 0.15) is 14.9 Å². The van der Waals surface area contributed by atoms with Crippen molar-refractivity contribution >= 4 is 38.7 Å². The second kappa shape index (κ2) is 11.1. The predicted octanol–water partition coefficient (Wildman–Crippen LogP) is -1.50. The van der Waals surface area contributed by atoms with Gasteiger partial charge in [0.2, 0.25) is 0 Å². The molecule has 0 heterocycles. The smallest absolute Gasteiger partial charge is 0.303 e. The average Bonchev–Trinajstić information content (AvgIpc) is 1.12. The molecule has 11 heteroatoms. The van der Waals surface area contributed by atoms with Crippen molar-refractivity contribution in [1.82, 2.24) is 0 Å². The molecule has 0 spiro atoms. The number of hydrogen-bond acceptors (Lipinski definition) is 2. The Labute approximate surface area is 92.3 Å². The molecule has 0 radical (unpaired) electrons. The Hall–Kier alpha value is 0.986. The van der Waals surface area contributed by atoms with E-state index in [1.54, 1.807) is 0 Å². The zero-order chi connectivity index (χ0) is 9.00. The third-order valence-electron chi connectivity index (χ3n) is 0. The van der Waals surface area contributed by atoms with Crippen LogP contribution in [0.25, 0.3) is 0 Å². The normalized spacial score (nSPS) is 9.08. The fourth-order valence-corrected chi connectivity index (χ4v) is 0. The Kier molecular flexibility index (Phi) is 24.9. The molecule has 0 saturated heterocycles. The Morgan fingerprint density at radius 1 is 0.615 bits per heavy atom. The second-order valence-corrected chi connectivity index (χ2v) is 3.08. The highest BCUT2D eigenvalue weighted by Crippen LogP contribution is 2.26. The first-order valence-electron chi connectivity index (χ1n) is 1.57. The molecule has 0 unspecified atom stereocenters. The Balaban J connectivity index is -0.0000000267. The summed E-state index contributed by atoms with van der Waals surface area (Å²) in [5, 5.41) is 0. The highest BCUT2D eigenvalue weighted by molar-refractivity contribution is 7.45. The van der Waals surface area contributed by atoms with Crippen LogP contribution in [0.5, 0.6) is 0 Å². The van der Waals surface area contributed by atoms with Crippen molar-refractivity contribution in [2.24, 2.45) is 0 Å². The summed E-state index contributed by atoms with van der Waals surface area (Å²) in [5.74, 6) is 0. The molecule has 0 aromatic rings. The van der Waals surface area contributed by atoms with Gasteiger partial charge in [0.1, 0.15) is 0 Å². The van der Waals surface area contributed by atoms with Crippen LogP contribution in [-0.4, -0.2) is 52.4 Å². The molecule has 0 rings (SSSR count). The molecule has 6 N–H and O–H groups in total. The zero-order valence-corrected chi connectivity index (χ0v) is 6.18. The van der Waals surface area contributed by atoms with Gasteiger partial charge in [0.15, 0.2) is 0 Å². The SMILES string of the molecule is C.C.O=P(O)(O)O.O=P(O)(O)O.[MgH2].